The lowest BCUT2D eigenvalue weighted by molar-refractivity contribution is -0.137. The second kappa shape index (κ2) is 10.9. The highest BCUT2D eigenvalue weighted by molar-refractivity contribution is 9.10. The Bertz CT molecular complexity index is 908. The number of nitrogens with zero attached hydrogens (tertiary/aromatic N) is 2. The van der Waals surface area contributed by atoms with Crippen molar-refractivity contribution in [2.24, 2.45) is 4.99 Å². The summed E-state index contributed by atoms with van der Waals surface area (Å²) in [4.78, 5) is 30.0. The van der Waals surface area contributed by atoms with Gasteiger partial charge in [0.25, 0.3) is 5.91 Å². The Hall–Kier alpha value is -2.71. The monoisotopic (exact) mass is 474 g/mol. The molecule has 0 radical (unpaired) electrons. The molecule has 2 aromatic rings. The summed E-state index contributed by atoms with van der Waals surface area (Å²) >= 11 is 3.48. The van der Waals surface area contributed by atoms with Crippen LogP contribution >= 0.6 is 15.9 Å². The topological polar surface area (TPSA) is 77.4 Å². The van der Waals surface area contributed by atoms with Crippen molar-refractivity contribution in [1.82, 2.24) is 4.90 Å². The van der Waals surface area contributed by atoms with Gasteiger partial charge in [-0.3, -0.25) is 9.79 Å². The molecule has 30 heavy (non-hydrogen) atoms. The molecule has 1 aliphatic heterocycles. The zero-order valence-corrected chi connectivity index (χ0v) is 18.3. The summed E-state index contributed by atoms with van der Waals surface area (Å²) in [5.74, 6) is 0.189. The van der Waals surface area contributed by atoms with Crippen LogP contribution in [0.2, 0.25) is 0 Å². The molecule has 0 aliphatic carbocycles. The highest BCUT2D eigenvalue weighted by Gasteiger charge is 2.17. The number of hydrogen-bond acceptors (Lipinski definition) is 6. The van der Waals surface area contributed by atoms with E-state index in [0.29, 0.717) is 44.2 Å². The van der Waals surface area contributed by atoms with Crippen LogP contribution in [0, 0.1) is 0 Å². The van der Waals surface area contributed by atoms with E-state index in [1.807, 2.05) is 12.1 Å². The van der Waals surface area contributed by atoms with E-state index in [-0.39, 0.29) is 18.5 Å². The van der Waals surface area contributed by atoms with Crippen LogP contribution in [0.15, 0.2) is 51.9 Å². The first-order valence-electron chi connectivity index (χ1n) is 9.66. The van der Waals surface area contributed by atoms with Crippen molar-refractivity contribution in [3.8, 4) is 5.75 Å². The molecule has 1 amide bonds. The number of esters is 1. The SMILES string of the molecule is CCOC(=O)c1ccc(N=Cc2ccc(OCC(=O)N3CCOCC3)c(Br)c2)cc1. The number of ether oxygens (including phenoxy) is 3. The Morgan fingerprint density at radius 3 is 2.57 bits per heavy atom. The van der Waals surface area contributed by atoms with Crippen LogP contribution in [-0.2, 0) is 14.3 Å². The molecule has 1 heterocycles. The highest BCUT2D eigenvalue weighted by atomic mass is 79.9. The molecule has 0 saturated carbocycles. The quantitative estimate of drug-likeness (QED) is 0.452. The van der Waals surface area contributed by atoms with Crippen LogP contribution in [0.3, 0.4) is 0 Å². The molecule has 0 spiro atoms. The van der Waals surface area contributed by atoms with Crippen molar-refractivity contribution in [2.45, 2.75) is 6.92 Å². The Morgan fingerprint density at radius 1 is 1.17 bits per heavy atom. The van der Waals surface area contributed by atoms with Gasteiger partial charge in [0.1, 0.15) is 5.75 Å². The zero-order chi connectivity index (χ0) is 21.3. The third-order valence-electron chi connectivity index (χ3n) is 4.41. The summed E-state index contributed by atoms with van der Waals surface area (Å²) < 4.78 is 16.6. The van der Waals surface area contributed by atoms with Crippen LogP contribution in [0.1, 0.15) is 22.8 Å². The van der Waals surface area contributed by atoms with Gasteiger partial charge in [-0.25, -0.2) is 4.79 Å². The molecular weight excluding hydrogens is 452 g/mol. The molecule has 158 valence electrons. The van der Waals surface area contributed by atoms with Gasteiger partial charge in [0, 0.05) is 19.3 Å². The fourth-order valence-corrected chi connectivity index (χ4v) is 3.32. The van der Waals surface area contributed by atoms with Crippen molar-refractivity contribution in [2.75, 3.05) is 39.5 Å². The van der Waals surface area contributed by atoms with Gasteiger partial charge in [-0.2, -0.15) is 0 Å². The molecule has 7 nitrogen and oxygen atoms in total. The van der Waals surface area contributed by atoms with Crippen LogP contribution in [-0.4, -0.2) is 62.5 Å². The van der Waals surface area contributed by atoms with Gasteiger partial charge in [0.05, 0.1) is 35.5 Å². The Kier molecular flexibility index (Phi) is 7.98. The second-order valence-corrected chi connectivity index (χ2v) is 7.35. The summed E-state index contributed by atoms with van der Waals surface area (Å²) in [6.45, 7) is 4.42. The zero-order valence-electron chi connectivity index (χ0n) is 16.7. The molecule has 0 N–H and O–H groups in total. The van der Waals surface area contributed by atoms with E-state index in [9.17, 15) is 9.59 Å². The van der Waals surface area contributed by atoms with Gasteiger partial charge in [0.2, 0.25) is 0 Å². The maximum absolute atomic E-state index is 12.2. The largest absolute Gasteiger partial charge is 0.483 e. The molecule has 0 aromatic heterocycles. The molecule has 1 saturated heterocycles. The van der Waals surface area contributed by atoms with Crippen molar-refractivity contribution < 1.29 is 23.8 Å². The van der Waals surface area contributed by atoms with Crippen LogP contribution in [0.4, 0.5) is 5.69 Å². The molecule has 0 atom stereocenters. The lowest BCUT2D eigenvalue weighted by atomic mass is 10.2. The number of carbonyl (C=O) groups excluding carboxylic acids is 2. The summed E-state index contributed by atoms with van der Waals surface area (Å²) in [5, 5.41) is 0. The summed E-state index contributed by atoms with van der Waals surface area (Å²) in [6.07, 6.45) is 1.72. The van der Waals surface area contributed by atoms with Crippen molar-refractivity contribution >= 4 is 39.7 Å². The average molecular weight is 475 g/mol. The van der Waals surface area contributed by atoms with E-state index in [0.717, 1.165) is 15.7 Å². The fraction of sp³-hybridized carbons (Fsp3) is 0.318. The minimum Gasteiger partial charge on any atom is -0.483 e. The molecule has 1 aliphatic rings. The molecule has 1 fully saturated rings. The normalized spacial score (nSPS) is 14.0. The Balaban J connectivity index is 1.56. The Labute approximate surface area is 183 Å². The minimum absolute atomic E-state index is 0.0150. The van der Waals surface area contributed by atoms with Crippen LogP contribution < -0.4 is 4.74 Å². The predicted octanol–water partition coefficient (Wildman–Crippen LogP) is 3.61. The molecule has 2 aromatic carbocycles. The summed E-state index contributed by atoms with van der Waals surface area (Å²) in [7, 11) is 0. The van der Waals surface area contributed by atoms with Crippen LogP contribution in [0.5, 0.6) is 5.75 Å². The molecule has 0 bridgehead atoms. The number of hydrogen-bond donors (Lipinski definition) is 0. The fourth-order valence-electron chi connectivity index (χ4n) is 2.81. The average Bonchev–Trinajstić information content (AvgIpc) is 2.78. The molecule has 8 heteroatoms. The maximum Gasteiger partial charge on any atom is 0.338 e. The summed E-state index contributed by atoms with van der Waals surface area (Å²) in [5.41, 5.74) is 2.07. The van der Waals surface area contributed by atoms with Gasteiger partial charge in [-0.15, -0.1) is 0 Å². The lowest BCUT2D eigenvalue weighted by Crippen LogP contribution is -2.43. The van der Waals surface area contributed by atoms with E-state index in [1.165, 1.54) is 0 Å². The number of rotatable bonds is 7. The number of amides is 1. The highest BCUT2D eigenvalue weighted by Crippen LogP contribution is 2.26. The maximum atomic E-state index is 12.2. The summed E-state index contributed by atoms with van der Waals surface area (Å²) in [6, 6.07) is 12.4. The van der Waals surface area contributed by atoms with Gasteiger partial charge in [-0.05, 0) is 70.9 Å². The standard InChI is InChI=1S/C22H23BrN2O5/c1-2-29-22(27)17-4-6-18(7-5-17)24-14-16-3-8-20(19(23)13-16)30-15-21(26)25-9-11-28-12-10-25/h3-8,13-14H,2,9-12,15H2,1H3. The first kappa shape index (κ1) is 22.0. The van der Waals surface area contributed by atoms with Crippen LogP contribution in [0.25, 0.3) is 0 Å². The van der Waals surface area contributed by atoms with Crippen molar-refractivity contribution in [3.63, 3.8) is 0 Å². The van der Waals surface area contributed by atoms with Crippen molar-refractivity contribution in [3.05, 3.63) is 58.1 Å². The van der Waals surface area contributed by atoms with Gasteiger partial charge < -0.3 is 19.1 Å². The van der Waals surface area contributed by atoms with Crippen molar-refractivity contribution in [1.29, 1.82) is 0 Å². The van der Waals surface area contributed by atoms with E-state index in [2.05, 4.69) is 20.9 Å². The number of aliphatic imine (C=N–C) groups is 1. The van der Waals surface area contributed by atoms with Gasteiger partial charge in [-0.1, -0.05) is 0 Å². The van der Waals surface area contributed by atoms with E-state index in [1.54, 1.807) is 48.4 Å². The van der Waals surface area contributed by atoms with E-state index >= 15 is 0 Å². The second-order valence-electron chi connectivity index (χ2n) is 6.50. The lowest BCUT2D eigenvalue weighted by Gasteiger charge is -2.26. The van der Waals surface area contributed by atoms with E-state index in [4.69, 9.17) is 14.2 Å². The third-order valence-corrected chi connectivity index (χ3v) is 5.03. The smallest absolute Gasteiger partial charge is 0.338 e. The molecule has 3 rings (SSSR count). The number of morpholine rings is 1. The third kappa shape index (κ3) is 6.14. The number of benzene rings is 2. The first-order valence-corrected chi connectivity index (χ1v) is 10.4. The Morgan fingerprint density at radius 2 is 1.90 bits per heavy atom. The predicted molar refractivity (Wildman–Crippen MR) is 117 cm³/mol. The van der Waals surface area contributed by atoms with E-state index < -0.39 is 0 Å². The first-order chi connectivity index (χ1) is 14.6. The number of carbonyl (C=O) groups is 2. The molecular formula is C22H23BrN2O5. The minimum atomic E-state index is -0.348. The van der Waals surface area contributed by atoms with Gasteiger partial charge in [0.15, 0.2) is 6.61 Å². The van der Waals surface area contributed by atoms with Gasteiger partial charge >= 0.3 is 5.97 Å². The number of halogens is 1. The molecule has 0 unspecified atom stereocenters.